The lowest BCUT2D eigenvalue weighted by Gasteiger charge is -2.04. The molecule has 0 aromatic carbocycles. The van der Waals surface area contributed by atoms with Crippen LogP contribution < -0.4 is 5.32 Å². The van der Waals surface area contributed by atoms with Gasteiger partial charge in [-0.05, 0) is 30.3 Å². The van der Waals surface area contributed by atoms with Crippen LogP contribution in [0.5, 0.6) is 0 Å². The first-order chi connectivity index (χ1) is 9.24. The Morgan fingerprint density at radius 2 is 2.00 bits per heavy atom. The summed E-state index contributed by atoms with van der Waals surface area (Å²) in [6, 6.07) is 8.74. The molecule has 0 aliphatic heterocycles. The van der Waals surface area contributed by atoms with Gasteiger partial charge in [0, 0.05) is 12.4 Å². The van der Waals surface area contributed by atoms with E-state index in [2.05, 4.69) is 20.3 Å². The number of carbonyl (C=O) groups is 1. The number of rotatable bonds is 2. The first-order valence-corrected chi connectivity index (χ1v) is 5.97. The fourth-order valence-corrected chi connectivity index (χ4v) is 1.91. The highest BCUT2D eigenvalue weighted by Gasteiger charge is 2.11. The van der Waals surface area contributed by atoms with Crippen molar-refractivity contribution in [3.05, 3.63) is 53.6 Å². The maximum Gasteiger partial charge on any atom is 0.272 e. The van der Waals surface area contributed by atoms with Gasteiger partial charge >= 0.3 is 0 Å². The van der Waals surface area contributed by atoms with Crippen LogP contribution in [0.1, 0.15) is 10.5 Å². The number of anilines is 1. The van der Waals surface area contributed by atoms with Gasteiger partial charge in [0.15, 0.2) is 5.15 Å². The molecule has 3 aromatic rings. The molecule has 0 aliphatic carbocycles. The Morgan fingerprint density at radius 1 is 1.21 bits per heavy atom. The van der Waals surface area contributed by atoms with E-state index in [1.54, 1.807) is 36.7 Å². The summed E-state index contributed by atoms with van der Waals surface area (Å²) >= 11 is 5.89. The van der Waals surface area contributed by atoms with Gasteiger partial charge in [-0.1, -0.05) is 11.6 Å². The molecule has 19 heavy (non-hydrogen) atoms. The van der Waals surface area contributed by atoms with E-state index in [9.17, 15) is 4.79 Å². The second kappa shape index (κ2) is 4.70. The molecule has 2 N–H and O–H groups in total. The Balaban J connectivity index is 1.90. The molecule has 0 atom stereocenters. The summed E-state index contributed by atoms with van der Waals surface area (Å²) in [7, 11) is 0. The highest BCUT2D eigenvalue weighted by atomic mass is 35.5. The largest absolute Gasteiger partial charge is 0.349 e. The molecule has 3 rings (SSSR count). The zero-order valence-corrected chi connectivity index (χ0v) is 10.5. The summed E-state index contributed by atoms with van der Waals surface area (Å²) in [5, 5.41) is 2.95. The van der Waals surface area contributed by atoms with E-state index in [4.69, 9.17) is 11.6 Å². The Hall–Kier alpha value is -2.40. The minimum Gasteiger partial charge on any atom is -0.349 e. The van der Waals surface area contributed by atoms with Crippen LogP contribution in [0.25, 0.3) is 11.0 Å². The summed E-state index contributed by atoms with van der Waals surface area (Å²) in [5.41, 5.74) is 2.45. The van der Waals surface area contributed by atoms with Crippen LogP contribution in [-0.4, -0.2) is 20.9 Å². The monoisotopic (exact) mass is 272 g/mol. The van der Waals surface area contributed by atoms with Crippen molar-refractivity contribution < 1.29 is 4.79 Å². The first-order valence-electron chi connectivity index (χ1n) is 5.59. The second-order valence-corrected chi connectivity index (χ2v) is 4.27. The number of amides is 1. The summed E-state index contributed by atoms with van der Waals surface area (Å²) in [5.74, 6) is -0.284. The first kappa shape index (κ1) is 11.7. The topological polar surface area (TPSA) is 70.7 Å². The van der Waals surface area contributed by atoms with E-state index in [1.807, 2.05) is 6.07 Å². The lowest BCUT2D eigenvalue weighted by atomic mass is 10.3. The molecule has 6 heteroatoms. The molecule has 0 aliphatic rings. The van der Waals surface area contributed by atoms with Crippen molar-refractivity contribution in [3.8, 4) is 0 Å². The number of H-pyrrole nitrogens is 1. The van der Waals surface area contributed by atoms with Gasteiger partial charge in [0.2, 0.25) is 0 Å². The number of fused-ring (bicyclic) bond motifs is 1. The van der Waals surface area contributed by atoms with Crippen LogP contribution in [0.3, 0.4) is 0 Å². The summed E-state index contributed by atoms with van der Waals surface area (Å²) in [4.78, 5) is 23.1. The summed E-state index contributed by atoms with van der Waals surface area (Å²) in [6.07, 6.45) is 3.24. The van der Waals surface area contributed by atoms with Crippen LogP contribution in [0, 0.1) is 0 Å². The molecule has 3 aromatic heterocycles. The Kier molecular flexibility index (Phi) is 2.89. The van der Waals surface area contributed by atoms with Crippen molar-refractivity contribution >= 4 is 34.2 Å². The highest BCUT2D eigenvalue weighted by Crippen LogP contribution is 2.19. The third-order valence-corrected chi connectivity index (χ3v) is 2.94. The van der Waals surface area contributed by atoms with Gasteiger partial charge in [0.25, 0.3) is 5.91 Å². The van der Waals surface area contributed by atoms with E-state index in [0.29, 0.717) is 11.4 Å². The number of halogens is 1. The predicted octanol–water partition coefficient (Wildman–Crippen LogP) is 2.86. The molecule has 0 saturated heterocycles. The van der Waals surface area contributed by atoms with E-state index in [1.165, 1.54) is 0 Å². The molecule has 0 bridgehead atoms. The van der Waals surface area contributed by atoms with Crippen molar-refractivity contribution in [2.45, 2.75) is 0 Å². The summed E-state index contributed by atoms with van der Waals surface area (Å²) in [6.45, 7) is 0. The van der Waals surface area contributed by atoms with Crippen LogP contribution >= 0.6 is 11.6 Å². The number of hydrogen-bond acceptors (Lipinski definition) is 3. The molecule has 5 nitrogen and oxygen atoms in total. The average molecular weight is 273 g/mol. The normalized spacial score (nSPS) is 10.6. The van der Waals surface area contributed by atoms with Gasteiger partial charge in [-0.25, -0.2) is 4.98 Å². The van der Waals surface area contributed by atoms with Gasteiger partial charge < -0.3 is 10.3 Å². The zero-order valence-electron chi connectivity index (χ0n) is 9.72. The van der Waals surface area contributed by atoms with Crippen LogP contribution in [0.2, 0.25) is 5.15 Å². The fourth-order valence-electron chi connectivity index (χ4n) is 1.75. The number of nitrogens with one attached hydrogen (secondary N) is 2. The van der Waals surface area contributed by atoms with Gasteiger partial charge in [-0.15, -0.1) is 0 Å². The second-order valence-electron chi connectivity index (χ2n) is 3.92. The Bertz CT molecular complexity index is 720. The average Bonchev–Trinajstić information content (AvgIpc) is 2.85. The quantitative estimate of drug-likeness (QED) is 0.705. The molecular formula is C13H9ClN4O. The van der Waals surface area contributed by atoms with Crippen molar-refractivity contribution in [1.29, 1.82) is 0 Å². The van der Waals surface area contributed by atoms with Crippen LogP contribution in [0.15, 0.2) is 42.7 Å². The zero-order chi connectivity index (χ0) is 13.2. The van der Waals surface area contributed by atoms with E-state index in [0.717, 1.165) is 11.0 Å². The van der Waals surface area contributed by atoms with Gasteiger partial charge in [0.1, 0.15) is 5.69 Å². The van der Waals surface area contributed by atoms with Gasteiger partial charge in [0.05, 0.1) is 16.7 Å². The van der Waals surface area contributed by atoms with Crippen LogP contribution in [0.4, 0.5) is 5.69 Å². The van der Waals surface area contributed by atoms with Gasteiger partial charge in [-0.3, -0.25) is 9.78 Å². The van der Waals surface area contributed by atoms with Crippen molar-refractivity contribution in [2.75, 3.05) is 5.32 Å². The molecule has 0 unspecified atom stereocenters. The number of aromatic nitrogens is 3. The number of aromatic amines is 1. The Labute approximate surface area is 113 Å². The highest BCUT2D eigenvalue weighted by molar-refractivity contribution is 6.32. The standard InChI is InChI=1S/C13H9ClN4O/c14-12-9(4-2-6-16-12)18-13(19)11-7-10-8(17-11)3-1-5-15-10/h1-7,17H,(H,18,19). The smallest absolute Gasteiger partial charge is 0.272 e. The maximum absolute atomic E-state index is 12.1. The summed E-state index contributed by atoms with van der Waals surface area (Å²) < 4.78 is 0. The van der Waals surface area contributed by atoms with Crippen LogP contribution in [-0.2, 0) is 0 Å². The molecule has 94 valence electrons. The fraction of sp³-hybridized carbons (Fsp3) is 0. The Morgan fingerprint density at radius 3 is 2.79 bits per heavy atom. The molecule has 1 amide bonds. The van der Waals surface area contributed by atoms with Crippen molar-refractivity contribution in [3.63, 3.8) is 0 Å². The van der Waals surface area contributed by atoms with Crippen molar-refractivity contribution in [2.24, 2.45) is 0 Å². The minimum absolute atomic E-state index is 0.255. The lowest BCUT2D eigenvalue weighted by Crippen LogP contribution is -2.12. The molecule has 0 spiro atoms. The maximum atomic E-state index is 12.1. The number of hydrogen-bond donors (Lipinski definition) is 2. The molecule has 0 saturated carbocycles. The number of pyridine rings is 2. The predicted molar refractivity (Wildman–Crippen MR) is 73.3 cm³/mol. The minimum atomic E-state index is -0.284. The lowest BCUT2D eigenvalue weighted by molar-refractivity contribution is 0.102. The third kappa shape index (κ3) is 2.28. The van der Waals surface area contributed by atoms with E-state index >= 15 is 0 Å². The number of carbonyl (C=O) groups excluding carboxylic acids is 1. The molecular weight excluding hydrogens is 264 g/mol. The van der Waals surface area contributed by atoms with E-state index in [-0.39, 0.29) is 11.1 Å². The third-order valence-electron chi connectivity index (χ3n) is 2.64. The molecule has 0 fully saturated rings. The molecule has 0 radical (unpaired) electrons. The SMILES string of the molecule is O=C(Nc1cccnc1Cl)c1cc2ncccc2[nH]1. The van der Waals surface area contributed by atoms with Gasteiger partial charge in [-0.2, -0.15) is 0 Å². The number of nitrogens with zero attached hydrogens (tertiary/aromatic N) is 2. The van der Waals surface area contributed by atoms with Crippen molar-refractivity contribution in [1.82, 2.24) is 15.0 Å². The molecule has 3 heterocycles. The van der Waals surface area contributed by atoms with E-state index < -0.39 is 0 Å².